The third kappa shape index (κ3) is 2.35. The Morgan fingerprint density at radius 1 is 1.47 bits per heavy atom. The molecule has 0 spiro atoms. The van der Waals surface area contributed by atoms with Crippen molar-refractivity contribution in [3.05, 3.63) is 40.5 Å². The van der Waals surface area contributed by atoms with Gasteiger partial charge in [-0.25, -0.2) is 0 Å². The van der Waals surface area contributed by atoms with Crippen molar-refractivity contribution in [1.29, 1.82) is 0 Å². The summed E-state index contributed by atoms with van der Waals surface area (Å²) in [5.74, 6) is -0.0398. The number of benzene rings is 1. The van der Waals surface area contributed by atoms with Crippen molar-refractivity contribution in [2.24, 2.45) is 0 Å². The van der Waals surface area contributed by atoms with E-state index < -0.39 is 6.10 Å². The second-order valence-corrected chi connectivity index (χ2v) is 5.64. The molecule has 0 saturated carbocycles. The van der Waals surface area contributed by atoms with Crippen LogP contribution in [-0.4, -0.2) is 40.1 Å². The summed E-state index contributed by atoms with van der Waals surface area (Å²) in [6.45, 7) is 1.02. The van der Waals surface area contributed by atoms with E-state index in [1.165, 1.54) is 0 Å². The largest absolute Gasteiger partial charge is 0.391 e. The van der Waals surface area contributed by atoms with E-state index in [4.69, 9.17) is 0 Å². The number of rotatable bonds is 1. The highest BCUT2D eigenvalue weighted by Gasteiger charge is 2.26. The van der Waals surface area contributed by atoms with Crippen molar-refractivity contribution in [2.75, 3.05) is 13.1 Å². The monoisotopic (exact) mass is 320 g/mol. The smallest absolute Gasteiger partial charge is 0.254 e. The highest BCUT2D eigenvalue weighted by Crippen LogP contribution is 2.23. The van der Waals surface area contributed by atoms with Crippen molar-refractivity contribution in [3.63, 3.8) is 0 Å². The Morgan fingerprint density at radius 2 is 2.32 bits per heavy atom. The molecule has 5 heteroatoms. The molecule has 98 valence electrons. The number of aliphatic hydroxyl groups excluding tert-OH is 1. The molecule has 1 fully saturated rings. The van der Waals surface area contributed by atoms with Gasteiger partial charge in [0.05, 0.1) is 11.6 Å². The second-order valence-electron chi connectivity index (χ2n) is 4.72. The number of likely N-dealkylation sites (tertiary alicyclic amines) is 1. The summed E-state index contributed by atoms with van der Waals surface area (Å²) in [5.41, 5.74) is 1.44. The molecule has 0 unspecified atom stereocenters. The van der Waals surface area contributed by atoms with Crippen LogP contribution in [0.4, 0.5) is 0 Å². The van der Waals surface area contributed by atoms with E-state index in [0.29, 0.717) is 25.1 Å². The van der Waals surface area contributed by atoms with Crippen molar-refractivity contribution in [3.8, 4) is 0 Å². The quantitative estimate of drug-likeness (QED) is 0.876. The first kappa shape index (κ1) is 12.6. The van der Waals surface area contributed by atoms with Crippen LogP contribution in [-0.2, 0) is 0 Å². The molecule has 0 radical (unpaired) electrons. The number of hydrogen-bond acceptors (Lipinski definition) is 3. The zero-order chi connectivity index (χ0) is 13.4. The topological polar surface area (TPSA) is 53.4 Å². The van der Waals surface area contributed by atoms with Gasteiger partial charge >= 0.3 is 0 Å². The Kier molecular flexibility index (Phi) is 3.24. The van der Waals surface area contributed by atoms with Gasteiger partial charge in [-0.2, -0.15) is 0 Å². The maximum Gasteiger partial charge on any atom is 0.254 e. The Bertz CT molecular complexity index is 644. The summed E-state index contributed by atoms with van der Waals surface area (Å²) >= 11 is 3.38. The number of fused-ring (bicyclic) bond motifs is 1. The van der Waals surface area contributed by atoms with E-state index in [1.54, 1.807) is 11.1 Å². The van der Waals surface area contributed by atoms with Crippen LogP contribution >= 0.6 is 15.9 Å². The molecular formula is C14H13BrN2O2. The fourth-order valence-electron chi connectivity index (χ4n) is 2.41. The molecule has 1 aromatic heterocycles. The Morgan fingerprint density at radius 3 is 3.05 bits per heavy atom. The van der Waals surface area contributed by atoms with Crippen LogP contribution in [0.1, 0.15) is 16.8 Å². The standard InChI is InChI=1S/C14H13BrN2O2/c15-9-6-12-11(2-1-3-13(12)16-7-9)14(19)17-5-4-10(18)8-17/h1-3,6-7,10,18H,4-5,8H2/t10-/m0/s1. The molecule has 0 bridgehead atoms. The van der Waals surface area contributed by atoms with E-state index >= 15 is 0 Å². The number of pyridine rings is 1. The van der Waals surface area contributed by atoms with Gasteiger partial charge in [0.1, 0.15) is 0 Å². The van der Waals surface area contributed by atoms with Crippen LogP contribution in [0.15, 0.2) is 34.9 Å². The highest BCUT2D eigenvalue weighted by molar-refractivity contribution is 9.10. The molecule has 2 heterocycles. The van der Waals surface area contributed by atoms with Gasteiger partial charge in [0, 0.05) is 34.7 Å². The lowest BCUT2D eigenvalue weighted by atomic mass is 10.1. The van der Waals surface area contributed by atoms with Gasteiger partial charge < -0.3 is 10.0 Å². The van der Waals surface area contributed by atoms with Crippen molar-refractivity contribution in [1.82, 2.24) is 9.88 Å². The number of aromatic nitrogens is 1. The van der Waals surface area contributed by atoms with Crippen molar-refractivity contribution in [2.45, 2.75) is 12.5 Å². The summed E-state index contributed by atoms with van der Waals surface area (Å²) in [5, 5.41) is 10.4. The first-order valence-corrected chi connectivity index (χ1v) is 6.96. The Hall–Kier alpha value is -1.46. The minimum Gasteiger partial charge on any atom is -0.391 e. The van der Waals surface area contributed by atoms with Crippen LogP contribution in [0.3, 0.4) is 0 Å². The number of β-amino-alcohol motifs (C(OH)–C–C–N with tert-alkyl or cyclic N) is 1. The summed E-state index contributed by atoms with van der Waals surface area (Å²) in [6.07, 6.45) is 1.97. The number of hydrogen-bond donors (Lipinski definition) is 1. The Balaban J connectivity index is 2.04. The first-order chi connectivity index (χ1) is 9.15. The maximum absolute atomic E-state index is 12.5. The lowest BCUT2D eigenvalue weighted by Crippen LogP contribution is -2.29. The average Bonchev–Trinajstić information content (AvgIpc) is 2.84. The normalized spacial score (nSPS) is 19.1. The zero-order valence-corrected chi connectivity index (χ0v) is 11.8. The third-order valence-corrected chi connectivity index (χ3v) is 3.81. The summed E-state index contributed by atoms with van der Waals surface area (Å²) in [7, 11) is 0. The summed E-state index contributed by atoms with van der Waals surface area (Å²) in [4.78, 5) is 18.5. The van der Waals surface area contributed by atoms with Crippen LogP contribution < -0.4 is 0 Å². The SMILES string of the molecule is O=C(c1cccc2ncc(Br)cc12)N1CC[C@H](O)C1. The lowest BCUT2D eigenvalue weighted by Gasteiger charge is -2.16. The van der Waals surface area contributed by atoms with Gasteiger partial charge in [0.2, 0.25) is 0 Å². The van der Waals surface area contributed by atoms with E-state index in [-0.39, 0.29) is 5.91 Å². The molecule has 1 amide bonds. The number of carbonyl (C=O) groups is 1. The molecule has 1 saturated heterocycles. The average molecular weight is 321 g/mol. The van der Waals surface area contributed by atoms with Gasteiger partial charge in [-0.05, 0) is 40.5 Å². The van der Waals surface area contributed by atoms with E-state index in [9.17, 15) is 9.90 Å². The molecule has 1 aliphatic rings. The molecule has 1 aliphatic heterocycles. The van der Waals surface area contributed by atoms with Crippen LogP contribution in [0.25, 0.3) is 10.9 Å². The number of amides is 1. The van der Waals surface area contributed by atoms with E-state index in [1.807, 2.05) is 24.3 Å². The molecule has 2 aromatic rings. The van der Waals surface area contributed by atoms with Crippen molar-refractivity contribution < 1.29 is 9.90 Å². The van der Waals surface area contributed by atoms with Crippen LogP contribution in [0.5, 0.6) is 0 Å². The molecule has 4 nitrogen and oxygen atoms in total. The molecule has 1 aromatic carbocycles. The lowest BCUT2D eigenvalue weighted by molar-refractivity contribution is 0.0767. The highest BCUT2D eigenvalue weighted by atomic mass is 79.9. The van der Waals surface area contributed by atoms with Gasteiger partial charge in [-0.3, -0.25) is 9.78 Å². The van der Waals surface area contributed by atoms with Gasteiger partial charge in [0.25, 0.3) is 5.91 Å². The minimum atomic E-state index is -0.399. The predicted molar refractivity (Wildman–Crippen MR) is 76.0 cm³/mol. The van der Waals surface area contributed by atoms with Crippen LogP contribution in [0, 0.1) is 0 Å². The molecule has 1 N–H and O–H groups in total. The van der Waals surface area contributed by atoms with Gasteiger partial charge in [0.15, 0.2) is 0 Å². The molecule has 0 aliphatic carbocycles. The fourth-order valence-corrected chi connectivity index (χ4v) is 2.74. The molecule has 1 atom stereocenters. The molecule has 3 rings (SSSR count). The van der Waals surface area contributed by atoms with Gasteiger partial charge in [-0.15, -0.1) is 0 Å². The number of nitrogens with zero attached hydrogens (tertiary/aromatic N) is 2. The van der Waals surface area contributed by atoms with E-state index in [0.717, 1.165) is 15.4 Å². The predicted octanol–water partition coefficient (Wildman–Crippen LogP) is 2.20. The van der Waals surface area contributed by atoms with Gasteiger partial charge in [-0.1, -0.05) is 6.07 Å². The molecular weight excluding hydrogens is 308 g/mol. The maximum atomic E-state index is 12.5. The first-order valence-electron chi connectivity index (χ1n) is 6.17. The van der Waals surface area contributed by atoms with Crippen LogP contribution in [0.2, 0.25) is 0 Å². The minimum absolute atomic E-state index is 0.0398. The number of aliphatic hydroxyl groups is 1. The fraction of sp³-hybridized carbons (Fsp3) is 0.286. The summed E-state index contributed by atoms with van der Waals surface area (Å²) in [6, 6.07) is 7.44. The Labute approximate surface area is 119 Å². The third-order valence-electron chi connectivity index (χ3n) is 3.37. The second kappa shape index (κ2) is 4.90. The van der Waals surface area contributed by atoms with E-state index in [2.05, 4.69) is 20.9 Å². The van der Waals surface area contributed by atoms with Crippen molar-refractivity contribution >= 4 is 32.7 Å². The zero-order valence-electron chi connectivity index (χ0n) is 10.2. The molecule has 19 heavy (non-hydrogen) atoms. The number of carbonyl (C=O) groups excluding carboxylic acids is 1. The summed E-state index contributed by atoms with van der Waals surface area (Å²) < 4.78 is 0.849. The number of halogens is 1.